The van der Waals surface area contributed by atoms with Crippen molar-refractivity contribution in [1.82, 2.24) is 5.32 Å². The summed E-state index contributed by atoms with van der Waals surface area (Å²) in [6.07, 6.45) is 10.9. The molecule has 20 heavy (non-hydrogen) atoms. The Morgan fingerprint density at radius 1 is 0.950 bits per heavy atom. The van der Waals surface area contributed by atoms with Gasteiger partial charge in [0.2, 0.25) is 0 Å². The number of unbranched alkanes of at least 4 members (excludes halogenated alkanes) is 8. The van der Waals surface area contributed by atoms with Gasteiger partial charge in [-0.3, -0.25) is 9.87 Å². The molecule has 0 fully saturated rings. The first-order chi connectivity index (χ1) is 9.52. The molecule has 122 valence electrons. The quantitative estimate of drug-likeness (QED) is 0.339. The highest BCUT2D eigenvalue weighted by atomic mass is 32.2. The molecule has 0 aliphatic rings. The first kappa shape index (κ1) is 19.8. The SMILES string of the molecule is CCCCCCCCCCCC(NCCO)S(=O)(=O)O. The van der Waals surface area contributed by atoms with Gasteiger partial charge in [0.25, 0.3) is 10.1 Å². The molecule has 0 aliphatic carbocycles. The first-order valence-electron chi connectivity index (χ1n) is 7.83. The lowest BCUT2D eigenvalue weighted by Gasteiger charge is -2.14. The highest BCUT2D eigenvalue weighted by Gasteiger charge is 2.21. The van der Waals surface area contributed by atoms with Crippen molar-refractivity contribution < 1.29 is 18.1 Å². The van der Waals surface area contributed by atoms with Crippen LogP contribution in [0.2, 0.25) is 0 Å². The molecular formula is C14H31NO4S. The van der Waals surface area contributed by atoms with Crippen molar-refractivity contribution >= 4 is 10.1 Å². The molecule has 0 saturated carbocycles. The minimum absolute atomic E-state index is 0.135. The summed E-state index contributed by atoms with van der Waals surface area (Å²) >= 11 is 0. The molecule has 0 amide bonds. The Labute approximate surface area is 123 Å². The van der Waals surface area contributed by atoms with E-state index >= 15 is 0 Å². The third-order valence-corrected chi connectivity index (χ3v) is 4.53. The molecule has 0 rings (SSSR count). The standard InChI is InChI=1S/C14H31NO4S/c1-2-3-4-5-6-7-8-9-10-11-14(15-12-13-16)20(17,18)19/h14-16H,2-13H2,1H3,(H,17,18,19). The van der Waals surface area contributed by atoms with Gasteiger partial charge in [0.1, 0.15) is 5.37 Å². The maximum atomic E-state index is 11.1. The van der Waals surface area contributed by atoms with Gasteiger partial charge in [-0.2, -0.15) is 8.42 Å². The van der Waals surface area contributed by atoms with Gasteiger partial charge in [-0.1, -0.05) is 64.7 Å². The Bertz CT molecular complexity index is 306. The maximum Gasteiger partial charge on any atom is 0.281 e. The number of rotatable bonds is 14. The molecule has 0 radical (unpaired) electrons. The van der Waals surface area contributed by atoms with E-state index in [1.54, 1.807) is 0 Å². The molecular weight excluding hydrogens is 278 g/mol. The van der Waals surface area contributed by atoms with Crippen LogP contribution in [0.5, 0.6) is 0 Å². The molecule has 3 N–H and O–H groups in total. The van der Waals surface area contributed by atoms with Crippen molar-refractivity contribution in [3.8, 4) is 0 Å². The third-order valence-electron chi connectivity index (χ3n) is 3.41. The van der Waals surface area contributed by atoms with Gasteiger partial charge >= 0.3 is 0 Å². The predicted molar refractivity (Wildman–Crippen MR) is 82.3 cm³/mol. The highest BCUT2D eigenvalue weighted by molar-refractivity contribution is 7.86. The molecule has 0 aromatic carbocycles. The lowest BCUT2D eigenvalue weighted by molar-refractivity contribution is 0.287. The summed E-state index contributed by atoms with van der Waals surface area (Å²) in [5.41, 5.74) is 0. The average Bonchev–Trinajstić information content (AvgIpc) is 2.38. The van der Waals surface area contributed by atoms with Crippen molar-refractivity contribution in [2.75, 3.05) is 13.2 Å². The topological polar surface area (TPSA) is 86.6 Å². The summed E-state index contributed by atoms with van der Waals surface area (Å²) in [7, 11) is -4.07. The Hall–Kier alpha value is -0.170. The van der Waals surface area contributed by atoms with E-state index in [1.165, 1.54) is 38.5 Å². The number of hydrogen-bond acceptors (Lipinski definition) is 4. The Kier molecular flexibility index (Phi) is 12.5. The van der Waals surface area contributed by atoms with Crippen LogP contribution in [0.15, 0.2) is 0 Å². The highest BCUT2D eigenvalue weighted by Crippen LogP contribution is 2.12. The minimum atomic E-state index is -4.07. The summed E-state index contributed by atoms with van der Waals surface area (Å²) in [6.45, 7) is 2.25. The van der Waals surface area contributed by atoms with E-state index in [4.69, 9.17) is 9.66 Å². The summed E-state index contributed by atoms with van der Waals surface area (Å²) in [6, 6.07) is 0. The molecule has 0 spiro atoms. The number of aliphatic hydroxyl groups is 1. The molecule has 0 aliphatic heterocycles. The van der Waals surface area contributed by atoms with Gasteiger partial charge in [-0.05, 0) is 6.42 Å². The third kappa shape index (κ3) is 11.6. The first-order valence-corrected chi connectivity index (χ1v) is 9.33. The molecule has 0 aromatic rings. The zero-order valence-corrected chi connectivity index (χ0v) is 13.5. The van der Waals surface area contributed by atoms with Gasteiger partial charge in [0.15, 0.2) is 0 Å². The lowest BCUT2D eigenvalue weighted by Crippen LogP contribution is -2.38. The zero-order valence-electron chi connectivity index (χ0n) is 12.7. The van der Waals surface area contributed by atoms with E-state index in [1.807, 2.05) is 0 Å². The van der Waals surface area contributed by atoms with E-state index in [-0.39, 0.29) is 13.2 Å². The van der Waals surface area contributed by atoms with Crippen LogP contribution in [-0.2, 0) is 10.1 Å². The van der Waals surface area contributed by atoms with Gasteiger partial charge in [-0.15, -0.1) is 0 Å². The summed E-state index contributed by atoms with van der Waals surface area (Å²) in [4.78, 5) is 0. The lowest BCUT2D eigenvalue weighted by atomic mass is 10.1. The van der Waals surface area contributed by atoms with E-state index in [0.717, 1.165) is 19.3 Å². The van der Waals surface area contributed by atoms with Gasteiger partial charge in [-0.25, -0.2) is 0 Å². The summed E-state index contributed by atoms with van der Waals surface area (Å²) < 4.78 is 31.3. The summed E-state index contributed by atoms with van der Waals surface area (Å²) in [5, 5.41) is 10.4. The fourth-order valence-corrected chi connectivity index (χ4v) is 3.02. The van der Waals surface area contributed by atoms with Crippen LogP contribution in [0, 0.1) is 0 Å². The minimum Gasteiger partial charge on any atom is -0.395 e. The van der Waals surface area contributed by atoms with Crippen molar-refractivity contribution in [3.05, 3.63) is 0 Å². The van der Waals surface area contributed by atoms with Crippen LogP contribution in [-0.4, -0.2) is 36.6 Å². The van der Waals surface area contributed by atoms with Crippen molar-refractivity contribution in [1.29, 1.82) is 0 Å². The molecule has 5 nitrogen and oxygen atoms in total. The van der Waals surface area contributed by atoms with Crippen molar-refractivity contribution in [2.45, 2.75) is 76.5 Å². The Morgan fingerprint density at radius 3 is 1.90 bits per heavy atom. The van der Waals surface area contributed by atoms with Crippen LogP contribution in [0.1, 0.15) is 71.1 Å². The van der Waals surface area contributed by atoms with E-state index in [9.17, 15) is 8.42 Å². The molecule has 0 aromatic heterocycles. The van der Waals surface area contributed by atoms with Crippen molar-refractivity contribution in [2.24, 2.45) is 0 Å². The monoisotopic (exact) mass is 309 g/mol. The normalized spacial score (nSPS) is 13.6. The average molecular weight is 309 g/mol. The maximum absolute atomic E-state index is 11.1. The van der Waals surface area contributed by atoms with Crippen LogP contribution in [0.4, 0.5) is 0 Å². The summed E-state index contributed by atoms with van der Waals surface area (Å²) in [5.74, 6) is 0. The van der Waals surface area contributed by atoms with Gasteiger partial charge < -0.3 is 5.11 Å². The number of nitrogens with one attached hydrogen (secondary N) is 1. The largest absolute Gasteiger partial charge is 0.395 e. The molecule has 1 atom stereocenters. The van der Waals surface area contributed by atoms with E-state index in [2.05, 4.69) is 12.2 Å². The van der Waals surface area contributed by atoms with Crippen LogP contribution < -0.4 is 5.32 Å². The number of aliphatic hydroxyl groups excluding tert-OH is 1. The van der Waals surface area contributed by atoms with Crippen molar-refractivity contribution in [3.63, 3.8) is 0 Å². The second-order valence-corrected chi connectivity index (χ2v) is 6.90. The van der Waals surface area contributed by atoms with Gasteiger partial charge in [0, 0.05) is 6.54 Å². The zero-order chi connectivity index (χ0) is 15.3. The van der Waals surface area contributed by atoms with Crippen LogP contribution in [0.3, 0.4) is 0 Å². The van der Waals surface area contributed by atoms with Crippen LogP contribution in [0.25, 0.3) is 0 Å². The fourth-order valence-electron chi connectivity index (χ4n) is 2.22. The van der Waals surface area contributed by atoms with E-state index < -0.39 is 15.5 Å². The molecule has 0 heterocycles. The molecule has 0 bridgehead atoms. The second kappa shape index (κ2) is 12.6. The predicted octanol–water partition coefficient (Wildman–Crippen LogP) is 2.70. The van der Waals surface area contributed by atoms with Gasteiger partial charge in [0.05, 0.1) is 6.61 Å². The fraction of sp³-hybridized carbons (Fsp3) is 1.00. The number of hydrogen-bond donors (Lipinski definition) is 3. The second-order valence-electron chi connectivity index (χ2n) is 5.30. The Balaban J connectivity index is 3.59. The molecule has 1 unspecified atom stereocenters. The molecule has 6 heteroatoms. The van der Waals surface area contributed by atoms with E-state index in [0.29, 0.717) is 6.42 Å². The Morgan fingerprint density at radius 2 is 1.45 bits per heavy atom. The molecule has 0 saturated heterocycles. The smallest absolute Gasteiger partial charge is 0.281 e. The van der Waals surface area contributed by atoms with Crippen LogP contribution >= 0.6 is 0 Å².